The molecule has 2 N–H and O–H groups in total. The lowest BCUT2D eigenvalue weighted by atomic mass is 9.87. The maximum absolute atomic E-state index is 11.3. The zero-order valence-electron chi connectivity index (χ0n) is 13.6. The quantitative estimate of drug-likeness (QED) is 0.880. The van der Waals surface area contributed by atoms with Gasteiger partial charge in [-0.1, -0.05) is 31.2 Å². The van der Waals surface area contributed by atoms with E-state index < -0.39 is 0 Å². The Labute approximate surface area is 142 Å². The second-order valence-electron chi connectivity index (χ2n) is 6.30. The molecule has 1 heterocycles. The van der Waals surface area contributed by atoms with Crippen LogP contribution < -0.4 is 5.73 Å². The Morgan fingerprint density at radius 1 is 1.35 bits per heavy atom. The number of thiophene rings is 1. The van der Waals surface area contributed by atoms with E-state index in [1.165, 1.54) is 22.4 Å². The van der Waals surface area contributed by atoms with Gasteiger partial charge in [0.25, 0.3) is 0 Å². The standard InChI is InChI=1S/C19H24N2OS/c1-2-9-21(12-18-11-16(13-23-18)19(20)22)17-8-7-14-5-3-4-6-15(14)10-17/h3-6,11,13,17H,2,7-10,12H2,1H3,(H2,20,22). The summed E-state index contributed by atoms with van der Waals surface area (Å²) in [5.74, 6) is -0.332. The van der Waals surface area contributed by atoms with E-state index in [2.05, 4.69) is 36.1 Å². The van der Waals surface area contributed by atoms with Gasteiger partial charge in [-0.05, 0) is 49.4 Å². The third-order valence-corrected chi connectivity index (χ3v) is 5.57. The van der Waals surface area contributed by atoms with E-state index in [0.717, 1.165) is 32.4 Å². The summed E-state index contributed by atoms with van der Waals surface area (Å²) in [6, 6.07) is 11.3. The van der Waals surface area contributed by atoms with Gasteiger partial charge in [0.15, 0.2) is 0 Å². The van der Waals surface area contributed by atoms with Crippen LogP contribution in [0.2, 0.25) is 0 Å². The van der Waals surface area contributed by atoms with Gasteiger partial charge in [0.1, 0.15) is 0 Å². The molecule has 1 aromatic carbocycles. The van der Waals surface area contributed by atoms with Crippen LogP contribution in [0.15, 0.2) is 35.7 Å². The molecule has 4 heteroatoms. The molecule has 3 rings (SSSR count). The van der Waals surface area contributed by atoms with Crippen molar-refractivity contribution in [2.45, 2.75) is 45.2 Å². The zero-order chi connectivity index (χ0) is 16.2. The Morgan fingerprint density at radius 3 is 2.83 bits per heavy atom. The SMILES string of the molecule is CCCN(Cc1cc(C(N)=O)cs1)C1CCc2ccccc2C1. The number of primary amides is 1. The number of carbonyl (C=O) groups is 1. The third kappa shape index (κ3) is 3.82. The van der Waals surface area contributed by atoms with E-state index in [4.69, 9.17) is 5.73 Å². The van der Waals surface area contributed by atoms with Crippen molar-refractivity contribution in [3.63, 3.8) is 0 Å². The van der Waals surface area contributed by atoms with Gasteiger partial charge in [-0.25, -0.2) is 0 Å². The summed E-state index contributed by atoms with van der Waals surface area (Å²) in [7, 11) is 0. The van der Waals surface area contributed by atoms with Crippen LogP contribution in [0.1, 0.15) is 46.1 Å². The number of hydrogen-bond donors (Lipinski definition) is 1. The monoisotopic (exact) mass is 328 g/mol. The van der Waals surface area contributed by atoms with E-state index in [1.807, 2.05) is 11.4 Å². The average molecular weight is 328 g/mol. The van der Waals surface area contributed by atoms with Crippen LogP contribution in [-0.4, -0.2) is 23.4 Å². The van der Waals surface area contributed by atoms with Gasteiger partial charge in [-0.15, -0.1) is 11.3 Å². The minimum absolute atomic E-state index is 0.332. The lowest BCUT2D eigenvalue weighted by Gasteiger charge is -2.35. The highest BCUT2D eigenvalue weighted by atomic mass is 32.1. The van der Waals surface area contributed by atoms with E-state index in [1.54, 1.807) is 11.3 Å². The number of hydrogen-bond acceptors (Lipinski definition) is 3. The Hall–Kier alpha value is -1.65. The minimum atomic E-state index is -0.332. The summed E-state index contributed by atoms with van der Waals surface area (Å²) in [5, 5.41) is 1.87. The van der Waals surface area contributed by atoms with Gasteiger partial charge in [-0.2, -0.15) is 0 Å². The average Bonchev–Trinajstić information content (AvgIpc) is 3.03. The number of carbonyl (C=O) groups excluding carboxylic acids is 1. The maximum Gasteiger partial charge on any atom is 0.249 e. The molecule has 1 atom stereocenters. The van der Waals surface area contributed by atoms with Gasteiger partial charge in [0.05, 0.1) is 5.56 Å². The molecule has 0 fully saturated rings. The topological polar surface area (TPSA) is 46.3 Å². The Bertz CT molecular complexity index is 680. The number of nitrogens with two attached hydrogens (primary N) is 1. The molecule has 0 spiro atoms. The van der Waals surface area contributed by atoms with Crippen molar-refractivity contribution in [1.29, 1.82) is 0 Å². The van der Waals surface area contributed by atoms with E-state index >= 15 is 0 Å². The maximum atomic E-state index is 11.3. The first kappa shape index (κ1) is 16.2. The molecule has 0 saturated carbocycles. The molecule has 1 aromatic heterocycles. The minimum Gasteiger partial charge on any atom is -0.366 e. The smallest absolute Gasteiger partial charge is 0.249 e. The van der Waals surface area contributed by atoms with Gasteiger partial charge in [0, 0.05) is 22.8 Å². The number of fused-ring (bicyclic) bond motifs is 1. The second-order valence-corrected chi connectivity index (χ2v) is 7.30. The van der Waals surface area contributed by atoms with Crippen molar-refractivity contribution < 1.29 is 4.79 Å². The molecule has 1 unspecified atom stereocenters. The molecule has 2 aromatic rings. The molecule has 0 saturated heterocycles. The van der Waals surface area contributed by atoms with Crippen molar-refractivity contribution in [1.82, 2.24) is 4.90 Å². The molecule has 1 aliphatic rings. The molecule has 122 valence electrons. The number of nitrogens with zero attached hydrogens (tertiary/aromatic N) is 1. The van der Waals surface area contributed by atoms with Crippen LogP contribution >= 0.6 is 11.3 Å². The molecular weight excluding hydrogens is 304 g/mol. The van der Waals surface area contributed by atoms with Gasteiger partial charge in [0.2, 0.25) is 5.91 Å². The Kier molecular flexibility index (Phi) is 5.13. The highest BCUT2D eigenvalue weighted by Crippen LogP contribution is 2.27. The lowest BCUT2D eigenvalue weighted by Crippen LogP contribution is -2.39. The fourth-order valence-corrected chi connectivity index (χ4v) is 4.36. The van der Waals surface area contributed by atoms with Crippen LogP contribution in [0.5, 0.6) is 0 Å². The van der Waals surface area contributed by atoms with Crippen molar-refractivity contribution in [3.8, 4) is 0 Å². The van der Waals surface area contributed by atoms with E-state index in [9.17, 15) is 4.79 Å². The first-order valence-electron chi connectivity index (χ1n) is 8.35. The molecule has 1 aliphatic carbocycles. The second kappa shape index (κ2) is 7.28. The third-order valence-electron chi connectivity index (χ3n) is 4.65. The van der Waals surface area contributed by atoms with Crippen LogP contribution in [0, 0.1) is 0 Å². The zero-order valence-corrected chi connectivity index (χ0v) is 14.4. The summed E-state index contributed by atoms with van der Waals surface area (Å²) in [6.45, 7) is 4.24. The van der Waals surface area contributed by atoms with Crippen LogP contribution in [0.4, 0.5) is 0 Å². The molecule has 3 nitrogen and oxygen atoms in total. The molecule has 23 heavy (non-hydrogen) atoms. The summed E-state index contributed by atoms with van der Waals surface area (Å²) in [6.07, 6.45) is 4.65. The van der Waals surface area contributed by atoms with E-state index in [-0.39, 0.29) is 5.91 Å². The van der Waals surface area contributed by atoms with Crippen molar-refractivity contribution >= 4 is 17.2 Å². The Balaban J connectivity index is 1.72. The molecular formula is C19H24N2OS. The van der Waals surface area contributed by atoms with E-state index in [0.29, 0.717) is 11.6 Å². The predicted octanol–water partition coefficient (Wildman–Crippen LogP) is 3.62. The normalized spacial score (nSPS) is 17.2. The number of amides is 1. The van der Waals surface area contributed by atoms with Gasteiger partial charge >= 0.3 is 0 Å². The lowest BCUT2D eigenvalue weighted by molar-refractivity contribution is 0.100. The number of aryl methyl sites for hydroxylation is 1. The summed E-state index contributed by atoms with van der Waals surface area (Å²) in [5.41, 5.74) is 9.00. The fourth-order valence-electron chi connectivity index (χ4n) is 3.46. The first-order chi connectivity index (χ1) is 11.2. The summed E-state index contributed by atoms with van der Waals surface area (Å²) < 4.78 is 0. The van der Waals surface area contributed by atoms with Crippen molar-refractivity contribution in [2.24, 2.45) is 5.73 Å². The van der Waals surface area contributed by atoms with Crippen molar-refractivity contribution in [2.75, 3.05) is 6.54 Å². The first-order valence-corrected chi connectivity index (χ1v) is 9.23. The molecule has 0 aliphatic heterocycles. The number of benzene rings is 1. The summed E-state index contributed by atoms with van der Waals surface area (Å²) >= 11 is 1.64. The highest BCUT2D eigenvalue weighted by Gasteiger charge is 2.24. The van der Waals surface area contributed by atoms with Crippen LogP contribution in [0.3, 0.4) is 0 Å². The van der Waals surface area contributed by atoms with Gasteiger partial charge in [-0.3, -0.25) is 9.69 Å². The molecule has 0 radical (unpaired) electrons. The number of rotatable bonds is 6. The van der Waals surface area contributed by atoms with Gasteiger partial charge < -0.3 is 5.73 Å². The van der Waals surface area contributed by atoms with Crippen LogP contribution in [0.25, 0.3) is 0 Å². The Morgan fingerprint density at radius 2 is 2.13 bits per heavy atom. The largest absolute Gasteiger partial charge is 0.366 e. The molecule has 0 bridgehead atoms. The predicted molar refractivity (Wildman–Crippen MR) is 95.8 cm³/mol. The van der Waals surface area contributed by atoms with Crippen LogP contribution in [-0.2, 0) is 19.4 Å². The fraction of sp³-hybridized carbons (Fsp3) is 0.421. The summed E-state index contributed by atoms with van der Waals surface area (Å²) in [4.78, 5) is 15.1. The molecule has 1 amide bonds. The van der Waals surface area contributed by atoms with Crippen molar-refractivity contribution in [3.05, 3.63) is 57.3 Å². The highest BCUT2D eigenvalue weighted by molar-refractivity contribution is 7.10.